The highest BCUT2D eigenvalue weighted by molar-refractivity contribution is 7.89. The third kappa shape index (κ3) is 5.88. The van der Waals surface area contributed by atoms with Crippen LogP contribution in [0.3, 0.4) is 0 Å². The predicted molar refractivity (Wildman–Crippen MR) is 131 cm³/mol. The molecule has 1 unspecified atom stereocenters. The zero-order chi connectivity index (χ0) is 25.2. The number of benzene rings is 2. The first-order valence-corrected chi connectivity index (χ1v) is 13.2. The minimum atomic E-state index is -3.75. The number of hydrogen-bond donors (Lipinski definition) is 2. The largest absolute Gasteiger partial charge is 0.352 e. The van der Waals surface area contributed by atoms with Crippen molar-refractivity contribution < 1.29 is 22.8 Å². The van der Waals surface area contributed by atoms with Crippen LogP contribution in [-0.4, -0.2) is 50.7 Å². The number of anilines is 1. The van der Waals surface area contributed by atoms with E-state index in [0.29, 0.717) is 32.5 Å². The van der Waals surface area contributed by atoms with Gasteiger partial charge in [0.05, 0.1) is 10.8 Å². The highest BCUT2D eigenvalue weighted by Crippen LogP contribution is 2.28. The van der Waals surface area contributed by atoms with Crippen molar-refractivity contribution in [2.75, 3.05) is 24.5 Å². The van der Waals surface area contributed by atoms with Crippen molar-refractivity contribution in [1.29, 1.82) is 0 Å². The van der Waals surface area contributed by atoms with Crippen LogP contribution in [0.1, 0.15) is 30.4 Å². The molecule has 3 amide bonds. The van der Waals surface area contributed by atoms with Crippen LogP contribution < -0.4 is 15.4 Å². The third-order valence-electron chi connectivity index (χ3n) is 6.72. The third-order valence-corrected chi connectivity index (χ3v) is 7.65. The molecule has 0 aliphatic carbocycles. The molecule has 10 heteroatoms. The zero-order valence-corrected chi connectivity index (χ0v) is 20.5. The number of rotatable bonds is 6. The van der Waals surface area contributed by atoms with E-state index >= 15 is 0 Å². The SMILES string of the molecule is Cc1ccc(N2CC(C(=O)N3CCC(C(=O)NCc4ccc(S(N)(=O)=O)cc4)CC3)CC2=O)cc1. The van der Waals surface area contributed by atoms with Crippen LogP contribution in [0.15, 0.2) is 53.4 Å². The van der Waals surface area contributed by atoms with Crippen LogP contribution in [0.4, 0.5) is 5.69 Å². The number of carbonyl (C=O) groups excluding carboxylic acids is 3. The molecule has 2 aromatic rings. The smallest absolute Gasteiger partial charge is 0.238 e. The molecule has 0 spiro atoms. The molecule has 2 heterocycles. The zero-order valence-electron chi connectivity index (χ0n) is 19.6. The lowest BCUT2D eigenvalue weighted by molar-refractivity contribution is -0.139. The molecule has 9 nitrogen and oxygen atoms in total. The number of likely N-dealkylation sites (tertiary alicyclic amines) is 1. The van der Waals surface area contributed by atoms with Crippen molar-refractivity contribution in [3.8, 4) is 0 Å². The molecule has 0 aromatic heterocycles. The van der Waals surface area contributed by atoms with Gasteiger partial charge in [-0.05, 0) is 49.6 Å². The Balaban J connectivity index is 1.25. The second-order valence-corrected chi connectivity index (χ2v) is 10.8. The van der Waals surface area contributed by atoms with Gasteiger partial charge in [-0.15, -0.1) is 0 Å². The molecule has 35 heavy (non-hydrogen) atoms. The lowest BCUT2D eigenvalue weighted by atomic mass is 9.94. The number of sulfonamides is 1. The Morgan fingerprint density at radius 3 is 2.23 bits per heavy atom. The Labute approximate surface area is 205 Å². The van der Waals surface area contributed by atoms with Gasteiger partial charge < -0.3 is 15.1 Å². The fraction of sp³-hybridized carbons (Fsp3) is 0.400. The maximum Gasteiger partial charge on any atom is 0.238 e. The number of piperidine rings is 1. The fourth-order valence-electron chi connectivity index (χ4n) is 4.60. The lowest BCUT2D eigenvalue weighted by Crippen LogP contribution is -2.45. The second-order valence-electron chi connectivity index (χ2n) is 9.25. The van der Waals surface area contributed by atoms with E-state index in [1.807, 2.05) is 31.2 Å². The Morgan fingerprint density at radius 2 is 1.63 bits per heavy atom. The van der Waals surface area contributed by atoms with Gasteiger partial charge in [0.25, 0.3) is 0 Å². The standard InChI is InChI=1S/C25H30N4O5S/c1-17-2-6-21(7-3-17)29-16-20(14-23(29)30)25(32)28-12-10-19(11-13-28)24(31)27-15-18-4-8-22(9-5-18)35(26,33)34/h2-9,19-20H,10-16H2,1H3,(H,27,31)(H2,26,33,34). The number of primary sulfonamides is 1. The molecule has 2 fully saturated rings. The molecule has 0 saturated carbocycles. The molecule has 2 saturated heterocycles. The van der Waals surface area contributed by atoms with Crippen molar-refractivity contribution in [1.82, 2.24) is 10.2 Å². The van der Waals surface area contributed by atoms with Gasteiger partial charge in [-0.25, -0.2) is 13.6 Å². The van der Waals surface area contributed by atoms with Crippen LogP contribution in [0.5, 0.6) is 0 Å². The number of nitrogens with zero attached hydrogens (tertiary/aromatic N) is 2. The average molecular weight is 499 g/mol. The number of amides is 3. The molecule has 0 bridgehead atoms. The Bertz CT molecular complexity index is 1200. The second kappa shape index (κ2) is 10.2. The van der Waals surface area contributed by atoms with Gasteiger partial charge in [0.2, 0.25) is 27.7 Å². The predicted octanol–water partition coefficient (Wildman–Crippen LogP) is 1.55. The Kier molecular flexibility index (Phi) is 7.23. The number of hydrogen-bond acceptors (Lipinski definition) is 5. The van der Waals surface area contributed by atoms with Crippen LogP contribution in [-0.2, 0) is 31.0 Å². The van der Waals surface area contributed by atoms with Gasteiger partial charge in [-0.1, -0.05) is 29.8 Å². The van der Waals surface area contributed by atoms with Gasteiger partial charge in [0.15, 0.2) is 0 Å². The summed E-state index contributed by atoms with van der Waals surface area (Å²) in [7, 11) is -3.75. The molecular weight excluding hydrogens is 468 g/mol. The molecule has 186 valence electrons. The molecule has 2 aromatic carbocycles. The summed E-state index contributed by atoms with van der Waals surface area (Å²) < 4.78 is 22.7. The lowest BCUT2D eigenvalue weighted by Gasteiger charge is -2.33. The first-order chi connectivity index (χ1) is 16.6. The van der Waals surface area contributed by atoms with Gasteiger partial charge in [-0.3, -0.25) is 14.4 Å². The first-order valence-electron chi connectivity index (χ1n) is 11.7. The van der Waals surface area contributed by atoms with E-state index in [1.54, 1.807) is 21.9 Å². The van der Waals surface area contributed by atoms with Gasteiger partial charge >= 0.3 is 0 Å². The molecular formula is C25H30N4O5S. The Morgan fingerprint density at radius 1 is 1.00 bits per heavy atom. The summed E-state index contributed by atoms with van der Waals surface area (Å²) in [6, 6.07) is 13.8. The highest BCUT2D eigenvalue weighted by Gasteiger charge is 2.38. The van der Waals surface area contributed by atoms with Crippen molar-refractivity contribution in [3.63, 3.8) is 0 Å². The molecule has 0 radical (unpaired) electrons. The van der Waals surface area contributed by atoms with Gasteiger partial charge in [0, 0.05) is 44.2 Å². The van der Waals surface area contributed by atoms with Crippen LogP contribution >= 0.6 is 0 Å². The number of carbonyl (C=O) groups is 3. The van der Waals surface area contributed by atoms with E-state index in [-0.39, 0.29) is 47.4 Å². The monoisotopic (exact) mass is 498 g/mol. The summed E-state index contributed by atoms with van der Waals surface area (Å²) in [6.07, 6.45) is 1.33. The van der Waals surface area contributed by atoms with E-state index in [0.717, 1.165) is 16.8 Å². The van der Waals surface area contributed by atoms with Gasteiger partial charge in [0.1, 0.15) is 0 Å². The highest BCUT2D eigenvalue weighted by atomic mass is 32.2. The Hall–Kier alpha value is -3.24. The average Bonchev–Trinajstić information content (AvgIpc) is 3.24. The maximum absolute atomic E-state index is 13.1. The van der Waals surface area contributed by atoms with Crippen LogP contribution in [0.25, 0.3) is 0 Å². The summed E-state index contributed by atoms with van der Waals surface area (Å²) in [4.78, 5) is 41.7. The van der Waals surface area contributed by atoms with Crippen LogP contribution in [0.2, 0.25) is 0 Å². The van der Waals surface area contributed by atoms with Crippen molar-refractivity contribution in [2.24, 2.45) is 17.0 Å². The number of nitrogens with two attached hydrogens (primary N) is 1. The van der Waals surface area contributed by atoms with E-state index in [2.05, 4.69) is 5.32 Å². The number of nitrogens with one attached hydrogen (secondary N) is 1. The van der Waals surface area contributed by atoms with Crippen molar-refractivity contribution >= 4 is 33.4 Å². The summed E-state index contributed by atoms with van der Waals surface area (Å²) in [6.45, 7) is 3.61. The van der Waals surface area contributed by atoms with E-state index in [9.17, 15) is 22.8 Å². The topological polar surface area (TPSA) is 130 Å². The summed E-state index contributed by atoms with van der Waals surface area (Å²) in [5.41, 5.74) is 2.69. The quantitative estimate of drug-likeness (QED) is 0.624. The van der Waals surface area contributed by atoms with E-state index in [1.165, 1.54) is 12.1 Å². The molecule has 3 N–H and O–H groups in total. The summed E-state index contributed by atoms with van der Waals surface area (Å²) in [5.74, 6) is -0.721. The minimum absolute atomic E-state index is 0.0237. The number of aryl methyl sites for hydroxylation is 1. The fourth-order valence-corrected chi connectivity index (χ4v) is 5.11. The van der Waals surface area contributed by atoms with Crippen molar-refractivity contribution in [2.45, 2.75) is 37.6 Å². The minimum Gasteiger partial charge on any atom is -0.352 e. The maximum atomic E-state index is 13.1. The van der Waals surface area contributed by atoms with Gasteiger partial charge in [-0.2, -0.15) is 0 Å². The first kappa shape index (κ1) is 24.9. The normalized spacial score (nSPS) is 19.1. The summed E-state index contributed by atoms with van der Waals surface area (Å²) in [5, 5.41) is 7.98. The van der Waals surface area contributed by atoms with E-state index < -0.39 is 10.0 Å². The molecule has 4 rings (SSSR count). The van der Waals surface area contributed by atoms with Crippen molar-refractivity contribution in [3.05, 3.63) is 59.7 Å². The van der Waals surface area contributed by atoms with E-state index in [4.69, 9.17) is 5.14 Å². The van der Waals surface area contributed by atoms with Crippen LogP contribution in [0, 0.1) is 18.8 Å². The molecule has 2 aliphatic rings. The molecule has 2 aliphatic heterocycles. The molecule has 1 atom stereocenters. The summed E-state index contributed by atoms with van der Waals surface area (Å²) >= 11 is 0.